The van der Waals surface area contributed by atoms with Gasteiger partial charge in [0.05, 0.1) is 17.6 Å². The number of carbonyl (C=O) groups is 2. The van der Waals surface area contributed by atoms with E-state index in [2.05, 4.69) is 11.4 Å². The van der Waals surface area contributed by atoms with Crippen molar-refractivity contribution in [3.8, 4) is 6.07 Å². The van der Waals surface area contributed by atoms with Crippen LogP contribution in [0.25, 0.3) is 0 Å². The fraction of sp³-hybridized carbons (Fsp3) is 0.400. The minimum absolute atomic E-state index is 0.187. The van der Waals surface area contributed by atoms with Gasteiger partial charge in [-0.25, -0.2) is 9.59 Å². The minimum atomic E-state index is -0.999. The zero-order chi connectivity index (χ0) is 15.8. The van der Waals surface area contributed by atoms with Gasteiger partial charge in [0.25, 0.3) is 0 Å². The van der Waals surface area contributed by atoms with E-state index in [1.807, 2.05) is 6.92 Å². The van der Waals surface area contributed by atoms with Gasteiger partial charge in [0.1, 0.15) is 0 Å². The van der Waals surface area contributed by atoms with Crippen molar-refractivity contribution < 1.29 is 14.7 Å². The van der Waals surface area contributed by atoms with Crippen LogP contribution in [0.3, 0.4) is 0 Å². The van der Waals surface area contributed by atoms with Gasteiger partial charge in [0, 0.05) is 19.6 Å². The Labute approximate surface area is 124 Å². The van der Waals surface area contributed by atoms with Gasteiger partial charge in [0.15, 0.2) is 0 Å². The molecule has 2 amide bonds. The molecular formula is C15H19N3O3. The van der Waals surface area contributed by atoms with Gasteiger partial charge in [-0.05, 0) is 31.5 Å². The molecule has 1 rings (SSSR count). The Kier molecular flexibility index (Phi) is 6.21. The molecule has 1 unspecified atom stereocenters. The summed E-state index contributed by atoms with van der Waals surface area (Å²) in [5, 5.41) is 20.4. The molecule has 0 bridgehead atoms. The quantitative estimate of drug-likeness (QED) is 0.838. The van der Waals surface area contributed by atoms with Crippen LogP contribution in [0.5, 0.6) is 0 Å². The van der Waals surface area contributed by atoms with Crippen molar-refractivity contribution in [3.05, 3.63) is 35.4 Å². The van der Waals surface area contributed by atoms with E-state index in [-0.39, 0.29) is 24.1 Å². The minimum Gasteiger partial charge on any atom is -0.478 e. The van der Waals surface area contributed by atoms with Gasteiger partial charge in [0.2, 0.25) is 0 Å². The van der Waals surface area contributed by atoms with E-state index in [0.29, 0.717) is 18.7 Å². The third kappa shape index (κ3) is 5.15. The topological polar surface area (TPSA) is 93.4 Å². The normalized spacial score (nSPS) is 11.3. The molecule has 21 heavy (non-hydrogen) atoms. The number of carbonyl (C=O) groups excluding carboxylic acids is 1. The maximum Gasteiger partial charge on any atom is 0.335 e. The molecule has 6 nitrogen and oxygen atoms in total. The molecular weight excluding hydrogens is 270 g/mol. The van der Waals surface area contributed by atoms with E-state index in [0.717, 1.165) is 0 Å². The summed E-state index contributed by atoms with van der Waals surface area (Å²) in [7, 11) is 0. The molecule has 2 N–H and O–H groups in total. The van der Waals surface area contributed by atoms with Crippen LogP contribution in [-0.4, -0.2) is 35.1 Å². The monoisotopic (exact) mass is 289 g/mol. The number of aromatic carboxylic acids is 1. The predicted molar refractivity (Wildman–Crippen MR) is 77.7 cm³/mol. The fourth-order valence-corrected chi connectivity index (χ4v) is 1.83. The number of benzene rings is 1. The van der Waals surface area contributed by atoms with Crippen LogP contribution in [0.15, 0.2) is 24.3 Å². The van der Waals surface area contributed by atoms with Crippen LogP contribution in [0.2, 0.25) is 0 Å². The first-order chi connectivity index (χ1) is 9.97. The van der Waals surface area contributed by atoms with E-state index < -0.39 is 5.97 Å². The Morgan fingerprint density at radius 3 is 2.76 bits per heavy atom. The highest BCUT2D eigenvalue weighted by Gasteiger charge is 2.14. The summed E-state index contributed by atoms with van der Waals surface area (Å²) >= 11 is 0. The molecule has 0 fully saturated rings. The molecule has 0 saturated carbocycles. The molecule has 0 aromatic heterocycles. The molecule has 1 atom stereocenters. The molecule has 0 aliphatic heterocycles. The number of nitrogens with one attached hydrogen (secondary N) is 1. The second-order valence-corrected chi connectivity index (χ2v) is 4.73. The summed E-state index contributed by atoms with van der Waals surface area (Å²) < 4.78 is 0. The number of carboxylic acid groups (broad SMARTS) is 1. The zero-order valence-electron chi connectivity index (χ0n) is 12.2. The number of rotatable bonds is 6. The van der Waals surface area contributed by atoms with E-state index in [1.165, 1.54) is 12.1 Å². The molecule has 0 saturated heterocycles. The van der Waals surface area contributed by atoms with Crippen molar-refractivity contribution in [1.29, 1.82) is 5.26 Å². The largest absolute Gasteiger partial charge is 0.478 e. The van der Waals surface area contributed by atoms with E-state index in [9.17, 15) is 9.59 Å². The average molecular weight is 289 g/mol. The van der Waals surface area contributed by atoms with Crippen molar-refractivity contribution in [2.24, 2.45) is 5.92 Å². The Morgan fingerprint density at radius 1 is 1.48 bits per heavy atom. The van der Waals surface area contributed by atoms with E-state index in [1.54, 1.807) is 24.0 Å². The molecule has 0 aliphatic rings. The highest BCUT2D eigenvalue weighted by molar-refractivity contribution is 5.87. The van der Waals surface area contributed by atoms with Crippen molar-refractivity contribution in [2.75, 3.05) is 13.1 Å². The average Bonchev–Trinajstić information content (AvgIpc) is 2.50. The molecule has 1 aromatic rings. The molecule has 0 radical (unpaired) electrons. The van der Waals surface area contributed by atoms with Gasteiger partial charge in [-0.1, -0.05) is 12.1 Å². The van der Waals surface area contributed by atoms with Crippen LogP contribution in [0, 0.1) is 17.2 Å². The number of amides is 2. The lowest BCUT2D eigenvalue weighted by molar-refractivity contribution is 0.0696. The van der Waals surface area contributed by atoms with Gasteiger partial charge >= 0.3 is 12.0 Å². The van der Waals surface area contributed by atoms with Crippen molar-refractivity contribution in [3.63, 3.8) is 0 Å². The Balaban J connectivity index is 2.61. The van der Waals surface area contributed by atoms with Crippen molar-refractivity contribution >= 4 is 12.0 Å². The van der Waals surface area contributed by atoms with Crippen LogP contribution in [-0.2, 0) is 6.54 Å². The van der Waals surface area contributed by atoms with Crippen molar-refractivity contribution in [2.45, 2.75) is 20.4 Å². The van der Waals surface area contributed by atoms with Crippen LogP contribution in [0.1, 0.15) is 29.8 Å². The fourth-order valence-electron chi connectivity index (χ4n) is 1.83. The van der Waals surface area contributed by atoms with Crippen LogP contribution >= 0.6 is 0 Å². The zero-order valence-corrected chi connectivity index (χ0v) is 12.2. The summed E-state index contributed by atoms with van der Waals surface area (Å²) in [6, 6.07) is 8.24. The highest BCUT2D eigenvalue weighted by Crippen LogP contribution is 2.06. The second kappa shape index (κ2) is 7.90. The highest BCUT2D eigenvalue weighted by atomic mass is 16.4. The Morgan fingerprint density at radius 2 is 2.19 bits per heavy atom. The van der Waals surface area contributed by atoms with Gasteiger partial charge in [-0.3, -0.25) is 0 Å². The number of hydrogen-bond acceptors (Lipinski definition) is 3. The summed E-state index contributed by atoms with van der Waals surface area (Å²) in [6.45, 7) is 4.72. The maximum absolute atomic E-state index is 12.0. The number of nitriles is 1. The second-order valence-electron chi connectivity index (χ2n) is 4.73. The summed E-state index contributed by atoms with van der Waals surface area (Å²) in [6.07, 6.45) is 0. The Hall–Kier alpha value is -2.55. The lowest BCUT2D eigenvalue weighted by Crippen LogP contribution is -2.41. The maximum atomic E-state index is 12.0. The molecule has 0 aliphatic carbocycles. The Bertz CT molecular complexity index is 551. The number of hydrogen-bond donors (Lipinski definition) is 2. The third-order valence-corrected chi connectivity index (χ3v) is 3.00. The van der Waals surface area contributed by atoms with E-state index >= 15 is 0 Å². The third-order valence-electron chi connectivity index (χ3n) is 3.00. The van der Waals surface area contributed by atoms with Crippen molar-refractivity contribution in [1.82, 2.24) is 10.2 Å². The molecule has 6 heteroatoms. The molecule has 1 aromatic carbocycles. The first kappa shape index (κ1) is 16.5. The van der Waals surface area contributed by atoms with Gasteiger partial charge in [-0.15, -0.1) is 0 Å². The lowest BCUT2D eigenvalue weighted by Gasteiger charge is -2.22. The van der Waals surface area contributed by atoms with Crippen LogP contribution in [0.4, 0.5) is 4.79 Å². The first-order valence-corrected chi connectivity index (χ1v) is 6.72. The lowest BCUT2D eigenvalue weighted by atomic mass is 10.1. The summed E-state index contributed by atoms with van der Waals surface area (Å²) in [5.74, 6) is -1.23. The molecule has 0 spiro atoms. The standard InChI is InChI=1S/C15H19N3O3/c1-3-18(10-11(2)8-16)15(21)17-9-12-5-4-6-13(7-12)14(19)20/h4-7,11H,3,9-10H2,1-2H3,(H,17,21)(H,19,20). The summed E-state index contributed by atoms with van der Waals surface area (Å²) in [5.41, 5.74) is 0.903. The van der Waals surface area contributed by atoms with E-state index in [4.69, 9.17) is 10.4 Å². The smallest absolute Gasteiger partial charge is 0.335 e. The van der Waals surface area contributed by atoms with Crippen LogP contribution < -0.4 is 5.32 Å². The molecule has 112 valence electrons. The SMILES string of the molecule is CCN(CC(C)C#N)C(=O)NCc1cccc(C(=O)O)c1. The van der Waals surface area contributed by atoms with Gasteiger partial charge < -0.3 is 15.3 Å². The number of nitrogens with zero attached hydrogens (tertiary/aromatic N) is 2. The molecule has 0 heterocycles. The number of urea groups is 1. The predicted octanol–water partition coefficient (Wildman–Crippen LogP) is 2.08. The number of carboxylic acids is 1. The summed E-state index contributed by atoms with van der Waals surface area (Å²) in [4.78, 5) is 24.4. The first-order valence-electron chi connectivity index (χ1n) is 6.72. The van der Waals surface area contributed by atoms with Gasteiger partial charge in [-0.2, -0.15) is 5.26 Å².